The van der Waals surface area contributed by atoms with E-state index in [1.54, 1.807) is 7.11 Å². The summed E-state index contributed by atoms with van der Waals surface area (Å²) in [5.41, 5.74) is 1.32. The average molecular weight is 433 g/mol. The Labute approximate surface area is 187 Å². The number of hydrogen-bond donors (Lipinski definition) is 2. The van der Waals surface area contributed by atoms with Crippen molar-refractivity contribution in [1.29, 1.82) is 0 Å². The number of aliphatic imine (C=N–C) groups is 1. The van der Waals surface area contributed by atoms with E-state index in [2.05, 4.69) is 44.8 Å². The molecule has 0 aromatic heterocycles. The molecule has 0 spiro atoms. The number of methoxy groups -OCH3 is 1. The van der Waals surface area contributed by atoms with Crippen LogP contribution in [-0.4, -0.2) is 77.1 Å². The quantitative estimate of drug-likeness (QED) is 0.337. The molecule has 1 unspecified atom stereocenters. The molecule has 2 heterocycles. The summed E-state index contributed by atoms with van der Waals surface area (Å²) in [4.78, 5) is 7.00. The third-order valence-corrected chi connectivity index (χ3v) is 6.15. The van der Waals surface area contributed by atoms with Crippen molar-refractivity contribution in [1.82, 2.24) is 15.5 Å². The van der Waals surface area contributed by atoms with Crippen LogP contribution in [-0.2, 0) is 9.47 Å². The van der Waals surface area contributed by atoms with Gasteiger partial charge >= 0.3 is 0 Å². The molecule has 0 aliphatic carbocycles. The summed E-state index contributed by atoms with van der Waals surface area (Å²) >= 11 is 0. The predicted molar refractivity (Wildman–Crippen MR) is 125 cm³/mol. The van der Waals surface area contributed by atoms with E-state index in [9.17, 15) is 0 Å². The maximum Gasteiger partial charge on any atom is 0.191 e. The summed E-state index contributed by atoms with van der Waals surface area (Å²) in [5.74, 6) is 1.75. The number of rotatable bonds is 10. The minimum Gasteiger partial charge on any atom is -0.497 e. The molecule has 7 nitrogen and oxygen atoms in total. The van der Waals surface area contributed by atoms with Gasteiger partial charge in [0.2, 0.25) is 0 Å². The summed E-state index contributed by atoms with van der Waals surface area (Å²) in [6, 6.07) is 8.80. The van der Waals surface area contributed by atoms with E-state index in [4.69, 9.17) is 14.2 Å². The Balaban J connectivity index is 1.45. The molecule has 0 bridgehead atoms. The van der Waals surface area contributed by atoms with E-state index >= 15 is 0 Å². The second-order valence-electron chi connectivity index (χ2n) is 8.30. The van der Waals surface area contributed by atoms with Crippen molar-refractivity contribution in [3.8, 4) is 5.75 Å². The van der Waals surface area contributed by atoms with Gasteiger partial charge in [-0.25, -0.2) is 0 Å². The van der Waals surface area contributed by atoms with Gasteiger partial charge in [-0.3, -0.25) is 9.89 Å². The van der Waals surface area contributed by atoms with Crippen LogP contribution in [0, 0.1) is 0 Å². The highest BCUT2D eigenvalue weighted by molar-refractivity contribution is 5.79. The zero-order valence-corrected chi connectivity index (χ0v) is 19.3. The van der Waals surface area contributed by atoms with E-state index < -0.39 is 0 Å². The van der Waals surface area contributed by atoms with Gasteiger partial charge < -0.3 is 24.8 Å². The van der Waals surface area contributed by atoms with Crippen LogP contribution in [0.4, 0.5) is 0 Å². The standard InChI is InChI=1S/C24H40N4O3/c1-25-24(26-13-6-16-31-22-11-17-30-18-12-22)27-19-23(28-14-4-3-5-15-28)20-7-9-21(29-2)10-8-20/h7-10,22-23H,3-6,11-19H2,1-2H3,(H2,25,26,27). The first-order valence-electron chi connectivity index (χ1n) is 11.8. The second kappa shape index (κ2) is 13.6. The number of likely N-dealkylation sites (tertiary alicyclic amines) is 1. The Morgan fingerprint density at radius 2 is 1.87 bits per heavy atom. The van der Waals surface area contributed by atoms with Gasteiger partial charge in [0.25, 0.3) is 0 Å². The van der Waals surface area contributed by atoms with Crippen LogP contribution in [0.15, 0.2) is 29.3 Å². The fraction of sp³-hybridized carbons (Fsp3) is 0.708. The highest BCUT2D eigenvalue weighted by Crippen LogP contribution is 2.25. The zero-order valence-electron chi connectivity index (χ0n) is 19.3. The topological polar surface area (TPSA) is 67.4 Å². The van der Waals surface area contributed by atoms with Crippen LogP contribution in [0.2, 0.25) is 0 Å². The molecule has 1 aromatic carbocycles. The molecule has 0 amide bonds. The van der Waals surface area contributed by atoms with E-state index in [0.29, 0.717) is 12.1 Å². The zero-order chi connectivity index (χ0) is 21.7. The monoisotopic (exact) mass is 432 g/mol. The van der Waals surface area contributed by atoms with Gasteiger partial charge in [0, 0.05) is 40.0 Å². The Bertz CT molecular complexity index is 641. The van der Waals surface area contributed by atoms with E-state index in [0.717, 1.165) is 77.0 Å². The molecule has 31 heavy (non-hydrogen) atoms. The third-order valence-electron chi connectivity index (χ3n) is 6.15. The first-order chi connectivity index (χ1) is 15.3. The summed E-state index contributed by atoms with van der Waals surface area (Å²) < 4.78 is 16.7. The normalized spacial score (nSPS) is 19.7. The first kappa shape index (κ1) is 23.8. The van der Waals surface area contributed by atoms with Gasteiger partial charge in [-0.2, -0.15) is 0 Å². The SMILES string of the molecule is CN=C(NCCCOC1CCOCC1)NCC(c1ccc(OC)cc1)N1CCCCC1. The number of nitrogens with one attached hydrogen (secondary N) is 2. The van der Waals surface area contributed by atoms with Gasteiger partial charge in [-0.15, -0.1) is 0 Å². The molecule has 2 N–H and O–H groups in total. The minimum atomic E-state index is 0.321. The molecule has 7 heteroatoms. The minimum absolute atomic E-state index is 0.321. The van der Waals surface area contributed by atoms with E-state index in [-0.39, 0.29) is 0 Å². The molecule has 174 valence electrons. The fourth-order valence-electron chi connectivity index (χ4n) is 4.30. The summed E-state index contributed by atoms with van der Waals surface area (Å²) in [6.07, 6.45) is 7.23. The smallest absolute Gasteiger partial charge is 0.191 e. The maximum absolute atomic E-state index is 5.96. The summed E-state index contributed by atoms with van der Waals surface area (Å²) in [6.45, 7) is 6.39. The largest absolute Gasteiger partial charge is 0.497 e. The highest BCUT2D eigenvalue weighted by Gasteiger charge is 2.22. The van der Waals surface area contributed by atoms with Crippen LogP contribution in [0.3, 0.4) is 0 Å². The van der Waals surface area contributed by atoms with Crippen LogP contribution in [0.5, 0.6) is 5.75 Å². The van der Waals surface area contributed by atoms with Crippen molar-refractivity contribution < 1.29 is 14.2 Å². The summed E-state index contributed by atoms with van der Waals surface area (Å²) in [7, 11) is 3.54. The Hall–Kier alpha value is -1.83. The van der Waals surface area contributed by atoms with Crippen molar-refractivity contribution in [3.63, 3.8) is 0 Å². The summed E-state index contributed by atoms with van der Waals surface area (Å²) in [5, 5.41) is 6.97. The average Bonchev–Trinajstić information content (AvgIpc) is 2.84. The molecule has 1 atom stereocenters. The lowest BCUT2D eigenvalue weighted by atomic mass is 10.0. The van der Waals surface area contributed by atoms with Gasteiger partial charge in [-0.1, -0.05) is 18.6 Å². The molecule has 2 fully saturated rings. The van der Waals surface area contributed by atoms with Gasteiger partial charge in [-0.05, 0) is 62.9 Å². The van der Waals surface area contributed by atoms with E-state index in [1.165, 1.54) is 24.8 Å². The van der Waals surface area contributed by atoms with Crippen LogP contribution in [0.25, 0.3) is 0 Å². The van der Waals surface area contributed by atoms with Crippen molar-refractivity contribution in [3.05, 3.63) is 29.8 Å². The molecule has 3 rings (SSSR count). The molecular formula is C24H40N4O3. The lowest BCUT2D eigenvalue weighted by Crippen LogP contribution is -2.44. The van der Waals surface area contributed by atoms with Gasteiger partial charge in [0.05, 0.1) is 19.3 Å². The van der Waals surface area contributed by atoms with Gasteiger partial charge in [0.15, 0.2) is 5.96 Å². The fourth-order valence-corrected chi connectivity index (χ4v) is 4.30. The third kappa shape index (κ3) is 7.98. The molecule has 0 radical (unpaired) electrons. The Morgan fingerprint density at radius 1 is 1.13 bits per heavy atom. The first-order valence-corrected chi connectivity index (χ1v) is 11.8. The Morgan fingerprint density at radius 3 is 2.55 bits per heavy atom. The highest BCUT2D eigenvalue weighted by atomic mass is 16.5. The lowest BCUT2D eigenvalue weighted by Gasteiger charge is -2.35. The van der Waals surface area contributed by atoms with Crippen LogP contribution in [0.1, 0.15) is 50.1 Å². The van der Waals surface area contributed by atoms with Crippen molar-refractivity contribution in [2.45, 2.75) is 50.7 Å². The van der Waals surface area contributed by atoms with Gasteiger partial charge in [0.1, 0.15) is 5.75 Å². The van der Waals surface area contributed by atoms with Crippen LogP contribution < -0.4 is 15.4 Å². The molecule has 0 saturated carbocycles. The predicted octanol–water partition coefficient (Wildman–Crippen LogP) is 2.97. The number of ether oxygens (including phenoxy) is 3. The van der Waals surface area contributed by atoms with Crippen molar-refractivity contribution in [2.24, 2.45) is 4.99 Å². The number of piperidine rings is 1. The number of nitrogens with zero attached hydrogens (tertiary/aromatic N) is 2. The number of hydrogen-bond acceptors (Lipinski definition) is 5. The molecule has 1 aromatic rings. The number of guanidine groups is 1. The maximum atomic E-state index is 5.96. The van der Waals surface area contributed by atoms with Crippen molar-refractivity contribution >= 4 is 5.96 Å². The second-order valence-corrected chi connectivity index (χ2v) is 8.30. The Kier molecular flexibility index (Phi) is 10.4. The molecular weight excluding hydrogens is 392 g/mol. The number of benzene rings is 1. The molecule has 2 aliphatic heterocycles. The van der Waals surface area contributed by atoms with E-state index in [1.807, 2.05) is 7.05 Å². The molecule has 2 aliphatic rings. The van der Waals surface area contributed by atoms with Crippen molar-refractivity contribution in [2.75, 3.05) is 60.2 Å². The lowest BCUT2D eigenvalue weighted by molar-refractivity contribution is -0.0320. The van der Waals surface area contributed by atoms with Crippen LogP contribution >= 0.6 is 0 Å². The molecule has 2 saturated heterocycles.